The predicted octanol–water partition coefficient (Wildman–Crippen LogP) is 2.81. The number of phenols is 1. The van der Waals surface area contributed by atoms with E-state index in [1.165, 1.54) is 0 Å². The molecule has 1 amide bonds. The maximum Gasteiger partial charge on any atom is 0.220 e. The molecule has 3 N–H and O–H groups in total. The van der Waals surface area contributed by atoms with Crippen LogP contribution < -0.4 is 10.1 Å². The molecule has 184 valence electrons. The molecule has 2 fully saturated rings. The summed E-state index contributed by atoms with van der Waals surface area (Å²) in [5.74, 6) is 0.609. The molecule has 3 unspecified atom stereocenters. The topological polar surface area (TPSA) is 94.9 Å². The molecule has 4 aliphatic rings. The average molecular weight is 476 g/mol. The molecule has 7 heteroatoms. The van der Waals surface area contributed by atoms with Crippen LogP contribution >= 0.6 is 0 Å². The van der Waals surface area contributed by atoms with Crippen molar-refractivity contribution in [2.75, 3.05) is 13.1 Å². The number of ether oxygens (including phenoxy) is 1. The zero-order valence-electron chi connectivity index (χ0n) is 20.1. The molecule has 1 aromatic carbocycles. The van der Waals surface area contributed by atoms with Crippen molar-refractivity contribution in [3.05, 3.63) is 66.0 Å². The molecule has 2 aromatic rings. The Balaban J connectivity index is 1.33. The van der Waals surface area contributed by atoms with E-state index in [0.29, 0.717) is 37.9 Å². The number of carbonyl (C=O) groups is 1. The van der Waals surface area contributed by atoms with Gasteiger partial charge in [-0.1, -0.05) is 25.1 Å². The second-order valence-electron chi connectivity index (χ2n) is 10.7. The molecule has 35 heavy (non-hydrogen) atoms. The number of phenolic OH excluding ortho intramolecular Hbond substituents is 1. The molecular weight excluding hydrogens is 442 g/mol. The van der Waals surface area contributed by atoms with Crippen LogP contribution in [-0.4, -0.2) is 62.9 Å². The summed E-state index contributed by atoms with van der Waals surface area (Å²) < 4.78 is 6.50. The lowest BCUT2D eigenvalue weighted by Crippen LogP contribution is -2.78. The zero-order chi connectivity index (χ0) is 24.4. The molecule has 1 spiro atoms. The number of likely N-dealkylation sites (tertiary alicyclic amines) is 1. The molecular formula is C28H33N3O4. The van der Waals surface area contributed by atoms with Crippen molar-refractivity contribution in [1.29, 1.82) is 0 Å². The average Bonchev–Trinajstić information content (AvgIpc) is 3.21. The Morgan fingerprint density at radius 1 is 1.40 bits per heavy atom. The maximum absolute atomic E-state index is 13.2. The number of hydrogen-bond donors (Lipinski definition) is 3. The van der Waals surface area contributed by atoms with E-state index in [4.69, 9.17) is 4.74 Å². The van der Waals surface area contributed by atoms with Crippen molar-refractivity contribution in [2.24, 2.45) is 0 Å². The summed E-state index contributed by atoms with van der Waals surface area (Å²) >= 11 is 0. The molecule has 1 saturated carbocycles. The Hall–Kier alpha value is -2.90. The number of nitrogens with one attached hydrogen (secondary N) is 1. The van der Waals surface area contributed by atoms with Crippen LogP contribution in [0.15, 0.2) is 49.3 Å². The fourth-order valence-electron chi connectivity index (χ4n) is 7.49. The highest BCUT2D eigenvalue weighted by Gasteiger charge is 2.72. The van der Waals surface area contributed by atoms with Crippen molar-refractivity contribution in [3.63, 3.8) is 0 Å². The SMILES string of the molecule is C=CCN1CC[C@]23c4c5ccc(O)c4OC2C(NC(=O)CC(C)c2cccnc2)CC[C@@]3(O)[C@H]1C5. The minimum atomic E-state index is -0.991. The van der Waals surface area contributed by atoms with Gasteiger partial charge in [0, 0.05) is 37.0 Å². The highest BCUT2D eigenvalue weighted by atomic mass is 16.5. The summed E-state index contributed by atoms with van der Waals surface area (Å²) in [4.78, 5) is 19.7. The Labute approximate surface area is 205 Å². The van der Waals surface area contributed by atoms with Crippen LogP contribution in [-0.2, 0) is 16.6 Å². The number of piperidine rings is 1. The number of aromatic nitrogens is 1. The third-order valence-electron chi connectivity index (χ3n) is 9.03. The van der Waals surface area contributed by atoms with Crippen LogP contribution in [0, 0.1) is 0 Å². The summed E-state index contributed by atoms with van der Waals surface area (Å²) in [5, 5.41) is 26.4. The largest absolute Gasteiger partial charge is 0.504 e. The third-order valence-corrected chi connectivity index (χ3v) is 9.03. The molecule has 2 aliphatic carbocycles. The van der Waals surface area contributed by atoms with E-state index in [2.05, 4.69) is 21.8 Å². The Bertz CT molecular complexity index is 1170. The zero-order valence-corrected chi connectivity index (χ0v) is 20.1. The standard InChI is InChI=1S/C28H33N3O4/c1-3-12-31-13-10-27-24-18-6-7-21(32)25(24)35-26(27)20(8-9-28(27,34)22(31)15-18)30-23(33)14-17(2)19-5-4-11-29-16-19/h3-7,11,16-17,20,22,26,32,34H,1,8-10,12-15H2,2H3,(H,30,33)/t17?,20?,22-,26?,27+,28-/m1/s1. The normalized spacial score (nSPS) is 33.4. The van der Waals surface area contributed by atoms with Gasteiger partial charge < -0.3 is 20.3 Å². The van der Waals surface area contributed by atoms with Gasteiger partial charge >= 0.3 is 0 Å². The van der Waals surface area contributed by atoms with Gasteiger partial charge in [-0.3, -0.25) is 14.7 Å². The van der Waals surface area contributed by atoms with Crippen molar-refractivity contribution in [3.8, 4) is 11.5 Å². The first-order valence-electron chi connectivity index (χ1n) is 12.7. The molecule has 3 heterocycles. The summed E-state index contributed by atoms with van der Waals surface area (Å²) in [6.07, 6.45) is 7.98. The molecule has 6 atom stereocenters. The number of hydrogen-bond acceptors (Lipinski definition) is 6. The molecule has 2 aliphatic heterocycles. The van der Waals surface area contributed by atoms with Crippen molar-refractivity contribution >= 4 is 5.91 Å². The number of amides is 1. The maximum atomic E-state index is 13.2. The van der Waals surface area contributed by atoms with E-state index >= 15 is 0 Å². The summed E-state index contributed by atoms with van der Waals surface area (Å²) in [6.45, 7) is 7.49. The van der Waals surface area contributed by atoms with E-state index in [-0.39, 0.29) is 29.7 Å². The number of carbonyl (C=O) groups excluding carboxylic acids is 1. The first-order valence-corrected chi connectivity index (χ1v) is 12.7. The molecule has 1 aromatic heterocycles. The molecule has 6 rings (SSSR count). The Morgan fingerprint density at radius 2 is 2.26 bits per heavy atom. The first-order chi connectivity index (χ1) is 16.9. The minimum Gasteiger partial charge on any atom is -0.504 e. The number of aromatic hydroxyl groups is 1. The van der Waals surface area contributed by atoms with Gasteiger partial charge in [-0.2, -0.15) is 0 Å². The molecule has 1 saturated heterocycles. The van der Waals surface area contributed by atoms with Crippen LogP contribution in [0.25, 0.3) is 0 Å². The number of pyridine rings is 1. The predicted molar refractivity (Wildman–Crippen MR) is 131 cm³/mol. The molecule has 7 nitrogen and oxygen atoms in total. The van der Waals surface area contributed by atoms with Crippen LogP contribution in [0.3, 0.4) is 0 Å². The fraction of sp³-hybridized carbons (Fsp3) is 0.500. The van der Waals surface area contributed by atoms with Gasteiger partial charge in [-0.15, -0.1) is 6.58 Å². The third kappa shape index (κ3) is 3.10. The van der Waals surface area contributed by atoms with Crippen molar-refractivity contribution < 1.29 is 19.7 Å². The number of rotatable bonds is 6. The van der Waals surface area contributed by atoms with Crippen molar-refractivity contribution in [1.82, 2.24) is 15.2 Å². The summed E-state index contributed by atoms with van der Waals surface area (Å²) in [5.41, 5.74) is 1.48. The Kier molecular flexibility index (Phi) is 5.20. The van der Waals surface area contributed by atoms with Crippen molar-refractivity contribution in [2.45, 2.75) is 74.1 Å². The van der Waals surface area contributed by atoms with E-state index in [0.717, 1.165) is 29.8 Å². The van der Waals surface area contributed by atoms with E-state index in [1.54, 1.807) is 18.5 Å². The number of benzene rings is 1. The van der Waals surface area contributed by atoms with Crippen LogP contribution in [0.1, 0.15) is 55.2 Å². The van der Waals surface area contributed by atoms with Gasteiger partial charge in [0.25, 0.3) is 0 Å². The number of nitrogens with zero attached hydrogens (tertiary/aromatic N) is 2. The quantitative estimate of drug-likeness (QED) is 0.556. The van der Waals surface area contributed by atoms with Gasteiger partial charge in [-0.05, 0) is 61.4 Å². The van der Waals surface area contributed by atoms with Gasteiger partial charge in [0.1, 0.15) is 6.10 Å². The lowest BCUT2D eigenvalue weighted by Gasteiger charge is -2.64. The summed E-state index contributed by atoms with van der Waals surface area (Å²) in [7, 11) is 0. The van der Waals surface area contributed by atoms with Gasteiger partial charge in [0.2, 0.25) is 5.91 Å². The lowest BCUT2D eigenvalue weighted by molar-refractivity contribution is -0.190. The smallest absolute Gasteiger partial charge is 0.220 e. The van der Waals surface area contributed by atoms with Gasteiger partial charge in [0.15, 0.2) is 11.5 Å². The van der Waals surface area contributed by atoms with E-state index in [1.807, 2.05) is 31.2 Å². The second kappa shape index (κ2) is 8.07. The summed E-state index contributed by atoms with van der Waals surface area (Å²) in [6, 6.07) is 7.26. The second-order valence-corrected chi connectivity index (χ2v) is 10.7. The van der Waals surface area contributed by atoms with Gasteiger partial charge in [-0.25, -0.2) is 0 Å². The van der Waals surface area contributed by atoms with Gasteiger partial charge in [0.05, 0.1) is 17.1 Å². The monoisotopic (exact) mass is 475 g/mol. The molecule has 2 bridgehead atoms. The fourth-order valence-corrected chi connectivity index (χ4v) is 7.49. The lowest BCUT2D eigenvalue weighted by atomic mass is 9.48. The number of aliphatic hydroxyl groups is 1. The first kappa shape index (κ1) is 22.6. The molecule has 0 radical (unpaired) electrons. The minimum absolute atomic E-state index is 0.0337. The highest BCUT2D eigenvalue weighted by Crippen LogP contribution is 2.65. The van der Waals surface area contributed by atoms with E-state index in [9.17, 15) is 15.0 Å². The van der Waals surface area contributed by atoms with E-state index < -0.39 is 17.1 Å². The highest BCUT2D eigenvalue weighted by molar-refractivity contribution is 5.77. The van der Waals surface area contributed by atoms with Crippen LogP contribution in [0.5, 0.6) is 11.5 Å². The van der Waals surface area contributed by atoms with Crippen LogP contribution in [0.2, 0.25) is 0 Å². The van der Waals surface area contributed by atoms with Crippen LogP contribution in [0.4, 0.5) is 0 Å². The Morgan fingerprint density at radius 3 is 3.03 bits per heavy atom.